The van der Waals surface area contributed by atoms with E-state index in [1.54, 1.807) is 0 Å². The molecule has 0 radical (unpaired) electrons. The molecule has 1 aliphatic rings. The topological polar surface area (TPSA) is 78.0 Å². The highest BCUT2D eigenvalue weighted by atomic mass is 16.3. The van der Waals surface area contributed by atoms with Gasteiger partial charge in [-0.1, -0.05) is 32.9 Å². The van der Waals surface area contributed by atoms with Gasteiger partial charge in [0, 0.05) is 18.0 Å². The number of hydrogen-bond donors (Lipinski definition) is 3. The Morgan fingerprint density at radius 3 is 2.69 bits per heavy atom. The number of hydrogen-bond acceptors (Lipinski definition) is 3. The Bertz CT molecular complexity index is 1030. The third-order valence-electron chi connectivity index (χ3n) is 6.05. The van der Waals surface area contributed by atoms with Crippen molar-refractivity contribution in [3.8, 4) is 0 Å². The molecule has 3 N–H and O–H groups in total. The van der Waals surface area contributed by atoms with Crippen molar-refractivity contribution in [2.45, 2.75) is 46.5 Å². The number of aliphatic hydroxyl groups is 1. The van der Waals surface area contributed by atoms with Crippen molar-refractivity contribution in [2.75, 3.05) is 11.9 Å². The Kier molecular flexibility index (Phi) is 5.17. The van der Waals surface area contributed by atoms with Crippen LogP contribution in [0.1, 0.15) is 54.5 Å². The second-order valence-corrected chi connectivity index (χ2v) is 9.14. The van der Waals surface area contributed by atoms with Gasteiger partial charge >= 0.3 is 0 Å². The molecular formula is C24H29N3O2. The molecule has 1 aliphatic carbocycles. The first-order chi connectivity index (χ1) is 13.8. The SMILES string of the molecule is CC(C)(C)C1CCc2nc3cc(C(=O)Nc4ccc(CCO)cc4)[nH]c3cc2C1. The number of nitrogens with one attached hydrogen (secondary N) is 2. The number of carbonyl (C=O) groups excluding carboxylic acids is 1. The van der Waals surface area contributed by atoms with Crippen LogP contribution in [0.3, 0.4) is 0 Å². The second-order valence-electron chi connectivity index (χ2n) is 9.14. The van der Waals surface area contributed by atoms with Gasteiger partial charge in [-0.25, -0.2) is 0 Å². The minimum absolute atomic E-state index is 0.119. The molecule has 1 atom stereocenters. The number of aromatic nitrogens is 2. The van der Waals surface area contributed by atoms with Gasteiger partial charge in [0.25, 0.3) is 5.91 Å². The van der Waals surface area contributed by atoms with E-state index in [0.717, 1.165) is 35.1 Å². The molecule has 1 amide bonds. The van der Waals surface area contributed by atoms with E-state index in [0.29, 0.717) is 23.4 Å². The van der Waals surface area contributed by atoms with Crippen molar-refractivity contribution in [3.05, 3.63) is 58.9 Å². The molecule has 0 saturated heterocycles. The Morgan fingerprint density at radius 1 is 1.24 bits per heavy atom. The maximum Gasteiger partial charge on any atom is 0.272 e. The zero-order valence-corrected chi connectivity index (χ0v) is 17.4. The molecular weight excluding hydrogens is 362 g/mol. The first-order valence-corrected chi connectivity index (χ1v) is 10.4. The number of nitrogens with zero attached hydrogens (tertiary/aromatic N) is 1. The summed E-state index contributed by atoms with van der Waals surface area (Å²) in [7, 11) is 0. The number of aryl methyl sites for hydroxylation is 1. The van der Waals surface area contributed by atoms with Crippen LogP contribution in [0.2, 0.25) is 0 Å². The number of benzene rings is 1. The maximum absolute atomic E-state index is 12.7. The molecule has 0 spiro atoms. The fourth-order valence-corrected chi connectivity index (χ4v) is 4.15. The number of aliphatic hydroxyl groups excluding tert-OH is 1. The number of amides is 1. The number of pyridine rings is 1. The maximum atomic E-state index is 12.7. The van der Waals surface area contributed by atoms with Crippen LogP contribution < -0.4 is 5.32 Å². The summed E-state index contributed by atoms with van der Waals surface area (Å²) in [5.74, 6) is 0.476. The fraction of sp³-hybridized carbons (Fsp3) is 0.417. The van der Waals surface area contributed by atoms with Crippen molar-refractivity contribution >= 4 is 22.6 Å². The third kappa shape index (κ3) is 4.20. The van der Waals surface area contributed by atoms with Crippen LogP contribution in [-0.2, 0) is 19.3 Å². The lowest BCUT2D eigenvalue weighted by molar-refractivity contribution is 0.102. The van der Waals surface area contributed by atoms with Gasteiger partial charge in [-0.3, -0.25) is 9.78 Å². The van der Waals surface area contributed by atoms with E-state index >= 15 is 0 Å². The Hall–Kier alpha value is -2.66. The van der Waals surface area contributed by atoms with Crippen molar-refractivity contribution < 1.29 is 9.90 Å². The number of H-pyrrole nitrogens is 1. The quantitative estimate of drug-likeness (QED) is 0.613. The van der Waals surface area contributed by atoms with Gasteiger partial charge in [-0.2, -0.15) is 0 Å². The van der Waals surface area contributed by atoms with E-state index in [1.165, 1.54) is 17.7 Å². The molecule has 0 fully saturated rings. The normalized spacial score (nSPS) is 16.6. The number of carbonyl (C=O) groups is 1. The van der Waals surface area contributed by atoms with Gasteiger partial charge in [0.1, 0.15) is 5.69 Å². The molecule has 1 unspecified atom stereocenters. The van der Waals surface area contributed by atoms with Crippen LogP contribution in [0.25, 0.3) is 11.0 Å². The molecule has 5 heteroatoms. The Balaban J connectivity index is 1.54. The number of aromatic amines is 1. The lowest BCUT2D eigenvalue weighted by Gasteiger charge is -2.34. The summed E-state index contributed by atoms with van der Waals surface area (Å²) in [6.07, 6.45) is 3.82. The largest absolute Gasteiger partial charge is 0.396 e. The van der Waals surface area contributed by atoms with Gasteiger partial charge in [-0.05, 0) is 72.4 Å². The van der Waals surface area contributed by atoms with E-state index < -0.39 is 0 Å². The summed E-state index contributed by atoms with van der Waals surface area (Å²) in [5, 5.41) is 11.9. The van der Waals surface area contributed by atoms with Crippen LogP contribution in [0, 0.1) is 11.3 Å². The summed E-state index contributed by atoms with van der Waals surface area (Å²) in [6, 6.07) is 11.6. The van der Waals surface area contributed by atoms with Crippen molar-refractivity contribution in [1.29, 1.82) is 0 Å². The van der Waals surface area contributed by atoms with Gasteiger partial charge in [0.05, 0.1) is 11.0 Å². The monoisotopic (exact) mass is 391 g/mol. The molecule has 0 saturated carbocycles. The first-order valence-electron chi connectivity index (χ1n) is 10.4. The van der Waals surface area contributed by atoms with E-state index in [4.69, 9.17) is 10.1 Å². The number of anilines is 1. The molecule has 29 heavy (non-hydrogen) atoms. The van der Waals surface area contributed by atoms with Gasteiger partial charge in [0.15, 0.2) is 0 Å². The predicted molar refractivity (Wildman–Crippen MR) is 116 cm³/mol. The number of fused-ring (bicyclic) bond motifs is 2. The average molecular weight is 392 g/mol. The molecule has 0 aliphatic heterocycles. The summed E-state index contributed by atoms with van der Waals surface area (Å²) < 4.78 is 0. The summed E-state index contributed by atoms with van der Waals surface area (Å²) in [4.78, 5) is 20.8. The second kappa shape index (κ2) is 7.64. The highest BCUT2D eigenvalue weighted by Gasteiger charge is 2.29. The molecule has 2 aromatic heterocycles. The van der Waals surface area contributed by atoms with Crippen LogP contribution in [0.5, 0.6) is 0 Å². The Morgan fingerprint density at radius 2 is 2.00 bits per heavy atom. The summed E-state index contributed by atoms with van der Waals surface area (Å²) in [5.41, 5.74) is 6.82. The molecule has 5 nitrogen and oxygen atoms in total. The third-order valence-corrected chi connectivity index (χ3v) is 6.05. The minimum atomic E-state index is -0.177. The zero-order chi connectivity index (χ0) is 20.6. The van der Waals surface area contributed by atoms with Gasteiger partial charge in [0.2, 0.25) is 0 Å². The Labute approximate surface area is 171 Å². The van der Waals surface area contributed by atoms with E-state index in [-0.39, 0.29) is 12.5 Å². The molecule has 0 bridgehead atoms. The predicted octanol–water partition coefficient (Wildman–Crippen LogP) is 4.50. The number of rotatable bonds is 4. The van der Waals surface area contributed by atoms with Crippen LogP contribution in [0.15, 0.2) is 36.4 Å². The van der Waals surface area contributed by atoms with E-state index in [1.807, 2.05) is 30.3 Å². The molecule has 4 rings (SSSR count). The molecule has 2 heterocycles. The average Bonchev–Trinajstić information content (AvgIpc) is 3.09. The van der Waals surface area contributed by atoms with Crippen LogP contribution in [0.4, 0.5) is 5.69 Å². The first kappa shape index (κ1) is 19.6. The van der Waals surface area contributed by atoms with Crippen molar-refractivity contribution in [1.82, 2.24) is 9.97 Å². The van der Waals surface area contributed by atoms with E-state index in [9.17, 15) is 4.79 Å². The fourth-order valence-electron chi connectivity index (χ4n) is 4.15. The highest BCUT2D eigenvalue weighted by molar-refractivity contribution is 6.05. The highest BCUT2D eigenvalue weighted by Crippen LogP contribution is 2.37. The standard InChI is InChI=1S/C24H29N3O2/c1-24(2,3)17-6-9-19-16(12-17)13-20-21(26-19)14-22(27-20)23(29)25-18-7-4-15(5-8-18)10-11-28/h4-5,7-8,13-14,17,27-28H,6,9-12H2,1-3H3,(H,25,29). The zero-order valence-electron chi connectivity index (χ0n) is 17.4. The smallest absolute Gasteiger partial charge is 0.272 e. The van der Waals surface area contributed by atoms with Crippen molar-refractivity contribution in [2.24, 2.45) is 11.3 Å². The summed E-state index contributed by atoms with van der Waals surface area (Å²) >= 11 is 0. The minimum Gasteiger partial charge on any atom is -0.396 e. The molecule has 152 valence electrons. The lowest BCUT2D eigenvalue weighted by Crippen LogP contribution is -2.27. The van der Waals surface area contributed by atoms with Crippen molar-refractivity contribution in [3.63, 3.8) is 0 Å². The molecule has 3 aromatic rings. The van der Waals surface area contributed by atoms with Gasteiger partial charge < -0.3 is 15.4 Å². The van der Waals surface area contributed by atoms with Crippen LogP contribution in [-0.4, -0.2) is 27.6 Å². The van der Waals surface area contributed by atoms with E-state index in [2.05, 4.69) is 37.1 Å². The van der Waals surface area contributed by atoms with Crippen LogP contribution >= 0.6 is 0 Å². The molecule has 1 aromatic carbocycles. The lowest BCUT2D eigenvalue weighted by atomic mass is 9.71. The van der Waals surface area contributed by atoms with Gasteiger partial charge in [-0.15, -0.1) is 0 Å². The summed E-state index contributed by atoms with van der Waals surface area (Å²) in [6.45, 7) is 7.04.